The Kier molecular flexibility index (Phi) is 10.4. The van der Waals surface area contributed by atoms with Crippen LogP contribution in [0, 0.1) is 0 Å². The number of ether oxygens (including phenoxy) is 4. The predicted octanol–water partition coefficient (Wildman–Crippen LogP) is 14.6. The lowest BCUT2D eigenvalue weighted by molar-refractivity contribution is 0.464. The zero-order valence-electron chi connectivity index (χ0n) is 42.7. The Bertz CT molecular complexity index is 4280. The summed E-state index contributed by atoms with van der Waals surface area (Å²) in [5, 5.41) is 2.47. The number of benzene rings is 12. The summed E-state index contributed by atoms with van der Waals surface area (Å²) in [5.74, 6) is 7.02. The molecule has 4 aliphatic heterocycles. The van der Waals surface area contributed by atoms with Crippen molar-refractivity contribution in [1.82, 2.24) is 4.57 Å². The first-order valence-corrected chi connectivity index (χ1v) is 27.0. The van der Waals surface area contributed by atoms with Crippen LogP contribution < -0.4 is 51.7 Å². The number of fused-ring (bicyclic) bond motifs is 11. The molecule has 79 heavy (non-hydrogen) atoms. The third-order valence-electron chi connectivity index (χ3n) is 16.1. The van der Waals surface area contributed by atoms with Crippen LogP contribution in [0.3, 0.4) is 0 Å². The van der Waals surface area contributed by atoms with Crippen LogP contribution >= 0.6 is 0 Å². The molecule has 4 aliphatic rings. The van der Waals surface area contributed by atoms with E-state index in [1.807, 2.05) is 12.1 Å². The molecule has 12 aromatic carbocycles. The SMILES string of the molecule is c1ccc(-c2cccc3c2Oc2c(-c4ccccc4)cc(-c4ccccc4)c4c2B3c2cccc(-c3ccccc3)c2O4)cc1.c1ccc2c(c1)Oc1cc(-n3c4ccccc4c4ccccc43)cc3c1B2c1ccccc1O3. The first-order chi connectivity index (χ1) is 39.2. The normalized spacial score (nSPS) is 12.7. The van der Waals surface area contributed by atoms with Gasteiger partial charge in [-0.3, -0.25) is 0 Å². The Labute approximate surface area is 458 Å². The van der Waals surface area contributed by atoms with Crippen molar-refractivity contribution in [3.63, 3.8) is 0 Å². The molecule has 17 rings (SSSR count). The fourth-order valence-electron chi connectivity index (χ4n) is 12.7. The minimum atomic E-state index is -0.0825. The van der Waals surface area contributed by atoms with Crippen LogP contribution in [0.15, 0.2) is 273 Å². The van der Waals surface area contributed by atoms with Crippen molar-refractivity contribution in [3.8, 4) is 96.2 Å². The number of hydrogen-bond donors (Lipinski definition) is 0. The van der Waals surface area contributed by atoms with Crippen LogP contribution in [0.25, 0.3) is 72.0 Å². The average molecular weight is 1010 g/mol. The number of para-hydroxylation sites is 6. The van der Waals surface area contributed by atoms with E-state index >= 15 is 0 Å². The van der Waals surface area contributed by atoms with Crippen molar-refractivity contribution in [1.29, 1.82) is 0 Å². The minimum absolute atomic E-state index is 0.0825. The number of nitrogens with zero attached hydrogens (tertiary/aromatic N) is 1. The highest BCUT2D eigenvalue weighted by molar-refractivity contribution is 6.99. The summed E-state index contributed by atoms with van der Waals surface area (Å²) in [5.41, 5.74) is 18.9. The molecule has 5 nitrogen and oxygen atoms in total. The van der Waals surface area contributed by atoms with Gasteiger partial charge in [-0.15, -0.1) is 0 Å². The van der Waals surface area contributed by atoms with Crippen LogP contribution in [0.1, 0.15) is 0 Å². The van der Waals surface area contributed by atoms with Gasteiger partial charge in [0.1, 0.15) is 46.0 Å². The molecular weight excluding hydrogens is 964 g/mol. The minimum Gasteiger partial charge on any atom is -0.458 e. The summed E-state index contributed by atoms with van der Waals surface area (Å²) >= 11 is 0. The molecule has 0 bridgehead atoms. The molecule has 0 N–H and O–H groups in total. The van der Waals surface area contributed by atoms with E-state index in [1.165, 1.54) is 32.7 Å². The third-order valence-corrected chi connectivity index (χ3v) is 16.1. The van der Waals surface area contributed by atoms with Crippen LogP contribution in [0.5, 0.6) is 46.0 Å². The van der Waals surface area contributed by atoms with Gasteiger partial charge in [0.2, 0.25) is 0 Å². The van der Waals surface area contributed by atoms with Gasteiger partial charge < -0.3 is 23.5 Å². The Morgan fingerprint density at radius 2 is 0.620 bits per heavy atom. The molecule has 0 radical (unpaired) electrons. The topological polar surface area (TPSA) is 41.9 Å². The molecule has 7 heteroatoms. The summed E-state index contributed by atoms with van der Waals surface area (Å²) < 4.78 is 29.6. The highest BCUT2D eigenvalue weighted by atomic mass is 16.5. The standard InChI is InChI=1S/C42H27BO2.C30H18BNO2/c1-5-15-28(16-6-1)32-23-13-25-36-39(32)44-41-34(30-19-9-3-10-20-30)27-35(31-21-11-4-12-22-31)42-38(41)43(36)37-26-14-24-33(40(37)45-42)29-17-7-2-8-18-29;1-5-13-24-20(9-1)21-10-2-6-14-25(21)32(24)19-17-28-30-29(18-19)34-27-16-8-4-12-23(27)31(30)22-11-3-7-15-26(22)33-28/h1-27H;1-18H. The van der Waals surface area contributed by atoms with Crippen molar-refractivity contribution in [3.05, 3.63) is 273 Å². The highest BCUT2D eigenvalue weighted by Crippen LogP contribution is 2.49. The van der Waals surface area contributed by atoms with E-state index in [4.69, 9.17) is 18.9 Å². The smallest absolute Gasteiger partial charge is 0.260 e. The zero-order valence-corrected chi connectivity index (χ0v) is 42.7. The first-order valence-electron chi connectivity index (χ1n) is 27.0. The first kappa shape index (κ1) is 45.0. The maximum Gasteiger partial charge on any atom is 0.260 e. The molecular formula is C72H45B2NO4. The van der Waals surface area contributed by atoms with E-state index in [0.29, 0.717) is 0 Å². The van der Waals surface area contributed by atoms with Crippen LogP contribution in [0.4, 0.5) is 0 Å². The second-order valence-corrected chi connectivity index (χ2v) is 20.5. The van der Waals surface area contributed by atoms with E-state index in [9.17, 15) is 0 Å². The van der Waals surface area contributed by atoms with E-state index in [0.717, 1.165) is 118 Å². The molecule has 5 heterocycles. The lowest BCUT2D eigenvalue weighted by atomic mass is 9.34. The molecule has 0 atom stereocenters. The monoisotopic (exact) mass is 1010 g/mol. The molecule has 0 fully saturated rings. The van der Waals surface area contributed by atoms with Crippen molar-refractivity contribution < 1.29 is 18.9 Å². The lowest BCUT2D eigenvalue weighted by Crippen LogP contribution is -2.57. The molecule has 368 valence electrons. The molecule has 0 saturated heterocycles. The third kappa shape index (κ3) is 7.20. The van der Waals surface area contributed by atoms with Gasteiger partial charge in [0.25, 0.3) is 13.4 Å². The summed E-state index contributed by atoms with van der Waals surface area (Å²) in [7, 11) is 0. The lowest BCUT2D eigenvalue weighted by Gasteiger charge is -2.36. The van der Waals surface area contributed by atoms with Crippen LogP contribution in [0.2, 0.25) is 0 Å². The molecule has 0 saturated carbocycles. The second-order valence-electron chi connectivity index (χ2n) is 20.5. The Balaban J connectivity index is 0.000000137. The highest BCUT2D eigenvalue weighted by Gasteiger charge is 2.45. The fourth-order valence-corrected chi connectivity index (χ4v) is 12.7. The van der Waals surface area contributed by atoms with Gasteiger partial charge in [-0.1, -0.05) is 231 Å². The van der Waals surface area contributed by atoms with Gasteiger partial charge >= 0.3 is 0 Å². The summed E-state index contributed by atoms with van der Waals surface area (Å²) in [6.07, 6.45) is 0. The molecule has 1 aromatic heterocycles. The quantitative estimate of drug-likeness (QED) is 0.161. The van der Waals surface area contributed by atoms with E-state index < -0.39 is 0 Å². The van der Waals surface area contributed by atoms with Gasteiger partial charge in [0, 0.05) is 56.1 Å². The Morgan fingerprint density at radius 1 is 0.253 bits per heavy atom. The molecule has 13 aromatic rings. The molecule has 0 amide bonds. The molecule has 0 unspecified atom stereocenters. The maximum absolute atomic E-state index is 7.14. The van der Waals surface area contributed by atoms with Crippen molar-refractivity contribution >= 4 is 68.0 Å². The Morgan fingerprint density at radius 3 is 1.08 bits per heavy atom. The maximum atomic E-state index is 7.14. The van der Waals surface area contributed by atoms with E-state index in [1.54, 1.807) is 0 Å². The second kappa shape index (κ2) is 18.2. The van der Waals surface area contributed by atoms with Crippen LogP contribution in [-0.4, -0.2) is 18.0 Å². The van der Waals surface area contributed by atoms with Crippen molar-refractivity contribution in [2.75, 3.05) is 0 Å². The van der Waals surface area contributed by atoms with E-state index in [2.05, 4.69) is 265 Å². The van der Waals surface area contributed by atoms with Crippen LogP contribution in [-0.2, 0) is 0 Å². The summed E-state index contributed by atoms with van der Waals surface area (Å²) in [6.45, 7) is 0.00745. The van der Waals surface area contributed by atoms with Crippen molar-refractivity contribution in [2.24, 2.45) is 0 Å². The summed E-state index contributed by atoms with van der Waals surface area (Å²) in [6, 6.07) is 95.6. The largest absolute Gasteiger partial charge is 0.458 e. The Hall–Kier alpha value is -10.2. The number of hydrogen-bond acceptors (Lipinski definition) is 4. The number of rotatable bonds is 5. The zero-order chi connectivity index (χ0) is 52.0. The van der Waals surface area contributed by atoms with Gasteiger partial charge in [-0.25, -0.2) is 0 Å². The van der Waals surface area contributed by atoms with E-state index in [-0.39, 0.29) is 13.4 Å². The van der Waals surface area contributed by atoms with Crippen molar-refractivity contribution in [2.45, 2.75) is 0 Å². The average Bonchev–Trinajstić information content (AvgIpc) is 3.97. The van der Waals surface area contributed by atoms with Gasteiger partial charge in [-0.05, 0) is 74.4 Å². The summed E-state index contributed by atoms with van der Waals surface area (Å²) in [4.78, 5) is 0. The predicted molar refractivity (Wildman–Crippen MR) is 324 cm³/mol. The fraction of sp³-hybridized carbons (Fsp3) is 0. The van der Waals surface area contributed by atoms with Gasteiger partial charge in [0.15, 0.2) is 0 Å². The number of aromatic nitrogens is 1. The van der Waals surface area contributed by atoms with Gasteiger partial charge in [0.05, 0.1) is 16.7 Å². The van der Waals surface area contributed by atoms with Gasteiger partial charge in [-0.2, -0.15) is 0 Å². The molecule has 0 aliphatic carbocycles. The molecule has 0 spiro atoms.